The monoisotopic (exact) mass is 434 g/mol. The topological polar surface area (TPSA) is 111 Å². The van der Waals surface area contributed by atoms with E-state index in [9.17, 15) is 18.0 Å². The van der Waals surface area contributed by atoms with Crippen LogP contribution < -0.4 is 10.6 Å². The van der Waals surface area contributed by atoms with Gasteiger partial charge >= 0.3 is 0 Å². The maximum atomic E-state index is 12.7. The molecule has 1 aliphatic rings. The largest absolute Gasteiger partial charge is 0.361 e. The molecule has 1 aromatic carbocycles. The van der Waals surface area contributed by atoms with Crippen LogP contribution in [0.5, 0.6) is 0 Å². The maximum absolute atomic E-state index is 12.7. The first-order valence-corrected chi connectivity index (χ1v) is 12.2. The second-order valence-corrected chi connectivity index (χ2v) is 9.77. The van der Waals surface area contributed by atoms with Crippen molar-refractivity contribution in [2.24, 2.45) is 5.92 Å². The summed E-state index contributed by atoms with van der Waals surface area (Å²) in [6.45, 7) is 1.44. The van der Waals surface area contributed by atoms with Crippen molar-refractivity contribution in [1.29, 1.82) is 0 Å². The van der Waals surface area contributed by atoms with Gasteiger partial charge < -0.3 is 15.6 Å². The number of carbonyl (C=O) groups is 2. The van der Waals surface area contributed by atoms with E-state index in [2.05, 4.69) is 21.7 Å². The summed E-state index contributed by atoms with van der Waals surface area (Å²) < 4.78 is 25.2. The SMILES string of the molecule is CS(=O)(=O)N1CCCC(C(=O)NCCc2c[nH]c3ccccc23)CCNC(=O)CC1. The van der Waals surface area contributed by atoms with E-state index in [0.29, 0.717) is 38.9 Å². The van der Waals surface area contributed by atoms with Crippen LogP contribution in [-0.4, -0.2) is 62.0 Å². The van der Waals surface area contributed by atoms with Gasteiger partial charge in [-0.2, -0.15) is 0 Å². The van der Waals surface area contributed by atoms with Crippen molar-refractivity contribution in [3.8, 4) is 0 Å². The molecule has 30 heavy (non-hydrogen) atoms. The van der Waals surface area contributed by atoms with Crippen molar-refractivity contribution in [1.82, 2.24) is 19.9 Å². The molecular formula is C21H30N4O4S. The molecule has 2 amide bonds. The van der Waals surface area contributed by atoms with Crippen LogP contribution in [0, 0.1) is 5.92 Å². The first kappa shape index (κ1) is 22.3. The zero-order valence-corrected chi connectivity index (χ0v) is 18.1. The Bertz CT molecular complexity index is 986. The van der Waals surface area contributed by atoms with Crippen molar-refractivity contribution in [3.63, 3.8) is 0 Å². The number of aromatic amines is 1. The number of rotatable bonds is 5. The number of carbonyl (C=O) groups excluding carboxylic acids is 2. The molecule has 0 spiro atoms. The van der Waals surface area contributed by atoms with Crippen molar-refractivity contribution in [3.05, 3.63) is 36.0 Å². The van der Waals surface area contributed by atoms with Crippen LogP contribution in [0.25, 0.3) is 10.9 Å². The molecule has 0 bridgehead atoms. The molecule has 1 saturated heterocycles. The summed E-state index contributed by atoms with van der Waals surface area (Å²) in [5.41, 5.74) is 2.23. The van der Waals surface area contributed by atoms with Crippen LogP contribution in [0.1, 0.15) is 31.2 Å². The third-order valence-electron chi connectivity index (χ3n) is 5.57. The van der Waals surface area contributed by atoms with Crippen LogP contribution in [0.4, 0.5) is 0 Å². The van der Waals surface area contributed by atoms with Gasteiger partial charge in [0.25, 0.3) is 0 Å². The van der Waals surface area contributed by atoms with Gasteiger partial charge in [-0.25, -0.2) is 12.7 Å². The molecule has 1 aliphatic heterocycles. The Labute approximate surface area is 177 Å². The number of amides is 2. The second-order valence-electron chi connectivity index (χ2n) is 7.79. The summed E-state index contributed by atoms with van der Waals surface area (Å²) in [6.07, 6.45) is 5.69. The summed E-state index contributed by atoms with van der Waals surface area (Å²) in [7, 11) is -3.37. The Morgan fingerprint density at radius 1 is 1.23 bits per heavy atom. The summed E-state index contributed by atoms with van der Waals surface area (Å²) in [6, 6.07) is 8.06. The number of H-pyrrole nitrogens is 1. The second kappa shape index (κ2) is 10.1. The molecule has 1 fully saturated rings. The predicted molar refractivity (Wildman–Crippen MR) is 116 cm³/mol. The van der Waals surface area contributed by atoms with E-state index in [0.717, 1.165) is 29.1 Å². The third-order valence-corrected chi connectivity index (χ3v) is 6.87. The van der Waals surface area contributed by atoms with Crippen LogP contribution in [0.2, 0.25) is 0 Å². The van der Waals surface area contributed by atoms with Crippen molar-refractivity contribution >= 4 is 32.7 Å². The molecule has 3 rings (SSSR count). The van der Waals surface area contributed by atoms with Crippen LogP contribution in [0.15, 0.2) is 30.5 Å². The first-order valence-electron chi connectivity index (χ1n) is 10.4. The maximum Gasteiger partial charge on any atom is 0.223 e. The van der Waals surface area contributed by atoms with Crippen LogP contribution >= 0.6 is 0 Å². The highest BCUT2D eigenvalue weighted by molar-refractivity contribution is 7.88. The molecule has 0 saturated carbocycles. The lowest BCUT2D eigenvalue weighted by molar-refractivity contribution is -0.126. The first-order chi connectivity index (χ1) is 14.3. The van der Waals surface area contributed by atoms with Crippen LogP contribution in [-0.2, 0) is 26.0 Å². The number of para-hydroxylation sites is 1. The quantitative estimate of drug-likeness (QED) is 0.660. The Balaban J connectivity index is 1.55. The molecule has 1 unspecified atom stereocenters. The van der Waals surface area contributed by atoms with Crippen molar-refractivity contribution in [2.75, 3.05) is 32.4 Å². The number of hydrogen-bond donors (Lipinski definition) is 3. The molecule has 3 N–H and O–H groups in total. The van der Waals surface area contributed by atoms with Crippen LogP contribution in [0.3, 0.4) is 0 Å². The van der Waals surface area contributed by atoms with E-state index in [1.54, 1.807) is 0 Å². The highest BCUT2D eigenvalue weighted by Crippen LogP contribution is 2.18. The number of benzene rings is 1. The highest BCUT2D eigenvalue weighted by atomic mass is 32.2. The number of hydrogen-bond acceptors (Lipinski definition) is 4. The van der Waals surface area contributed by atoms with E-state index in [1.807, 2.05) is 24.4 Å². The minimum Gasteiger partial charge on any atom is -0.361 e. The lowest BCUT2D eigenvalue weighted by Crippen LogP contribution is -2.35. The van der Waals surface area contributed by atoms with E-state index in [-0.39, 0.29) is 30.7 Å². The van der Waals surface area contributed by atoms with E-state index in [4.69, 9.17) is 0 Å². The smallest absolute Gasteiger partial charge is 0.223 e. The van der Waals surface area contributed by atoms with E-state index in [1.165, 1.54) is 4.31 Å². The van der Waals surface area contributed by atoms with Gasteiger partial charge in [0.1, 0.15) is 0 Å². The zero-order chi connectivity index (χ0) is 21.6. The minimum absolute atomic E-state index is 0.0470. The summed E-state index contributed by atoms with van der Waals surface area (Å²) in [5, 5.41) is 6.96. The lowest BCUT2D eigenvalue weighted by Gasteiger charge is -2.20. The zero-order valence-electron chi connectivity index (χ0n) is 17.3. The molecule has 1 aromatic heterocycles. The summed E-state index contributed by atoms with van der Waals surface area (Å²) in [5.74, 6) is -0.494. The van der Waals surface area contributed by atoms with Gasteiger partial charge in [-0.05, 0) is 37.3 Å². The fourth-order valence-electron chi connectivity index (χ4n) is 3.87. The number of nitrogens with zero attached hydrogens (tertiary/aromatic N) is 1. The number of sulfonamides is 1. The normalized spacial score (nSPS) is 19.8. The Morgan fingerprint density at radius 3 is 2.83 bits per heavy atom. The fraction of sp³-hybridized carbons (Fsp3) is 0.524. The van der Waals surface area contributed by atoms with Gasteiger partial charge in [0.15, 0.2) is 0 Å². The highest BCUT2D eigenvalue weighted by Gasteiger charge is 2.23. The number of fused-ring (bicyclic) bond motifs is 1. The third kappa shape index (κ3) is 6.06. The minimum atomic E-state index is -3.37. The average molecular weight is 435 g/mol. The Hall–Kier alpha value is -2.39. The molecule has 0 aliphatic carbocycles. The molecule has 9 heteroatoms. The molecule has 2 heterocycles. The van der Waals surface area contributed by atoms with Gasteiger partial charge in [0.05, 0.1) is 6.26 Å². The van der Waals surface area contributed by atoms with Gasteiger partial charge in [0, 0.05) is 55.6 Å². The van der Waals surface area contributed by atoms with Gasteiger partial charge in [0.2, 0.25) is 21.8 Å². The molecule has 1 atom stereocenters. The fourth-order valence-corrected chi connectivity index (χ4v) is 4.75. The number of nitrogens with one attached hydrogen (secondary N) is 3. The van der Waals surface area contributed by atoms with E-state index < -0.39 is 10.0 Å². The van der Waals surface area contributed by atoms with Gasteiger partial charge in [-0.1, -0.05) is 18.2 Å². The summed E-state index contributed by atoms with van der Waals surface area (Å²) >= 11 is 0. The van der Waals surface area contributed by atoms with Gasteiger partial charge in [-0.3, -0.25) is 9.59 Å². The van der Waals surface area contributed by atoms with Crippen molar-refractivity contribution in [2.45, 2.75) is 32.1 Å². The summed E-state index contributed by atoms with van der Waals surface area (Å²) in [4.78, 5) is 27.9. The molecule has 164 valence electrons. The van der Waals surface area contributed by atoms with E-state index >= 15 is 0 Å². The molecule has 8 nitrogen and oxygen atoms in total. The standard InChI is InChI=1S/C21H30N4O4S/c1-30(28,29)25-13-4-5-16(8-11-22-20(26)10-14-25)21(27)23-12-9-17-15-24-19-7-3-2-6-18(17)19/h2-3,6-7,15-16,24H,4-5,8-14H2,1H3,(H,22,26)(H,23,27). The lowest BCUT2D eigenvalue weighted by atomic mass is 9.98. The average Bonchev–Trinajstić information content (AvgIpc) is 3.09. The Morgan fingerprint density at radius 2 is 2.03 bits per heavy atom. The molecule has 0 radical (unpaired) electrons. The van der Waals surface area contributed by atoms with Gasteiger partial charge in [-0.15, -0.1) is 0 Å². The Kier molecular flexibility index (Phi) is 7.49. The number of aromatic nitrogens is 1. The van der Waals surface area contributed by atoms with Crippen molar-refractivity contribution < 1.29 is 18.0 Å². The predicted octanol–water partition coefficient (Wildman–Crippen LogP) is 1.39. The molecular weight excluding hydrogens is 404 g/mol. The molecule has 2 aromatic rings.